The molecule has 0 aromatic heterocycles. The zero-order valence-electron chi connectivity index (χ0n) is 14.4. The Bertz CT molecular complexity index is 919. The first-order valence-corrected chi connectivity index (χ1v) is 9.37. The summed E-state index contributed by atoms with van der Waals surface area (Å²) in [6.45, 7) is 1.35. The Balaban J connectivity index is 2.32. The van der Waals surface area contributed by atoms with Crippen molar-refractivity contribution in [2.45, 2.75) is 13.0 Å². The number of carbonyl (C=O) groups is 1. The molecule has 0 unspecified atom stereocenters. The molecule has 0 saturated heterocycles. The number of sulfonamides is 1. The molecule has 1 N–H and O–H groups in total. The molecule has 1 atom stereocenters. The first-order valence-electron chi connectivity index (χ1n) is 7.53. The number of hydrogen-bond acceptors (Lipinski definition) is 4. The highest BCUT2D eigenvalue weighted by atomic mass is 32.2. The summed E-state index contributed by atoms with van der Waals surface area (Å²) in [5, 5.41) is 2.57. The second-order valence-corrected chi connectivity index (χ2v) is 7.41. The van der Waals surface area contributed by atoms with Crippen LogP contribution in [0.15, 0.2) is 42.5 Å². The van der Waals surface area contributed by atoms with Crippen LogP contribution in [0.2, 0.25) is 0 Å². The van der Waals surface area contributed by atoms with Gasteiger partial charge in [0.2, 0.25) is 15.9 Å². The smallest absolute Gasteiger partial charge is 0.247 e. The minimum absolute atomic E-state index is 0.153. The highest BCUT2D eigenvalue weighted by molar-refractivity contribution is 7.92. The van der Waals surface area contributed by atoms with Crippen LogP contribution in [-0.2, 0) is 14.8 Å². The van der Waals surface area contributed by atoms with Gasteiger partial charge in [0.05, 0.1) is 19.1 Å². The van der Waals surface area contributed by atoms with E-state index in [-0.39, 0.29) is 5.69 Å². The van der Waals surface area contributed by atoms with Gasteiger partial charge in [0.1, 0.15) is 11.8 Å². The number of rotatable bonds is 6. The van der Waals surface area contributed by atoms with Crippen molar-refractivity contribution in [3.8, 4) is 5.75 Å². The van der Waals surface area contributed by atoms with Crippen LogP contribution in [0.5, 0.6) is 5.75 Å². The van der Waals surface area contributed by atoms with Crippen LogP contribution in [0, 0.1) is 11.6 Å². The zero-order valence-corrected chi connectivity index (χ0v) is 15.2. The number of benzene rings is 2. The van der Waals surface area contributed by atoms with E-state index in [2.05, 4.69) is 5.32 Å². The van der Waals surface area contributed by atoms with Crippen LogP contribution < -0.4 is 14.4 Å². The van der Waals surface area contributed by atoms with E-state index in [1.807, 2.05) is 0 Å². The molecule has 0 fully saturated rings. The van der Waals surface area contributed by atoms with E-state index >= 15 is 0 Å². The number of methoxy groups -OCH3 is 1. The molecular formula is C17H18F2N2O4S. The van der Waals surface area contributed by atoms with Gasteiger partial charge in [-0.1, -0.05) is 6.07 Å². The largest absolute Gasteiger partial charge is 0.497 e. The van der Waals surface area contributed by atoms with E-state index in [0.717, 1.165) is 28.8 Å². The fourth-order valence-corrected chi connectivity index (χ4v) is 3.55. The third-order valence-corrected chi connectivity index (χ3v) is 4.83. The summed E-state index contributed by atoms with van der Waals surface area (Å²) in [5.41, 5.74) is 0.250. The van der Waals surface area contributed by atoms with Crippen LogP contribution in [0.4, 0.5) is 20.2 Å². The summed E-state index contributed by atoms with van der Waals surface area (Å²) < 4.78 is 56.7. The van der Waals surface area contributed by atoms with Crippen molar-refractivity contribution in [2.75, 3.05) is 23.0 Å². The molecule has 0 aliphatic heterocycles. The second kappa shape index (κ2) is 7.69. The predicted octanol–water partition coefficient (Wildman–Crippen LogP) is 2.77. The maximum atomic E-state index is 13.5. The molecule has 6 nitrogen and oxygen atoms in total. The number of nitrogens with zero attached hydrogens (tertiary/aromatic N) is 1. The number of carbonyl (C=O) groups excluding carboxylic acids is 1. The number of hydrogen-bond donors (Lipinski definition) is 1. The lowest BCUT2D eigenvalue weighted by Gasteiger charge is -2.28. The van der Waals surface area contributed by atoms with Crippen molar-refractivity contribution in [3.05, 3.63) is 54.1 Å². The van der Waals surface area contributed by atoms with Gasteiger partial charge in [0.15, 0.2) is 11.6 Å². The Kier molecular flexibility index (Phi) is 5.81. The molecule has 0 spiro atoms. The van der Waals surface area contributed by atoms with Crippen LogP contribution in [0.3, 0.4) is 0 Å². The molecule has 140 valence electrons. The minimum atomic E-state index is -3.94. The topological polar surface area (TPSA) is 75.7 Å². The third-order valence-electron chi connectivity index (χ3n) is 3.58. The van der Waals surface area contributed by atoms with Gasteiger partial charge in [-0.15, -0.1) is 0 Å². The van der Waals surface area contributed by atoms with E-state index in [1.165, 1.54) is 14.0 Å². The number of anilines is 2. The highest BCUT2D eigenvalue weighted by Crippen LogP contribution is 2.24. The number of nitrogens with one attached hydrogen (secondary N) is 1. The number of halogens is 2. The van der Waals surface area contributed by atoms with Gasteiger partial charge < -0.3 is 10.1 Å². The lowest BCUT2D eigenvalue weighted by Crippen LogP contribution is -2.45. The average Bonchev–Trinajstić information content (AvgIpc) is 2.57. The second-order valence-electron chi connectivity index (χ2n) is 5.55. The fourth-order valence-electron chi connectivity index (χ4n) is 2.38. The van der Waals surface area contributed by atoms with Gasteiger partial charge in [-0.05, 0) is 31.2 Å². The molecule has 0 heterocycles. The van der Waals surface area contributed by atoms with Gasteiger partial charge in [0, 0.05) is 17.8 Å². The number of amides is 1. The molecule has 26 heavy (non-hydrogen) atoms. The molecule has 0 saturated carbocycles. The van der Waals surface area contributed by atoms with Crippen LogP contribution in [0.1, 0.15) is 6.92 Å². The molecule has 0 aliphatic rings. The monoisotopic (exact) mass is 384 g/mol. The van der Waals surface area contributed by atoms with Gasteiger partial charge >= 0.3 is 0 Å². The molecule has 0 bridgehead atoms. The summed E-state index contributed by atoms with van der Waals surface area (Å²) in [4.78, 5) is 12.5. The molecule has 0 radical (unpaired) electrons. The minimum Gasteiger partial charge on any atom is -0.497 e. The van der Waals surface area contributed by atoms with Crippen molar-refractivity contribution in [2.24, 2.45) is 0 Å². The lowest BCUT2D eigenvalue weighted by molar-refractivity contribution is -0.116. The van der Waals surface area contributed by atoms with Gasteiger partial charge in [-0.3, -0.25) is 9.10 Å². The number of ether oxygens (including phenoxy) is 1. The van der Waals surface area contributed by atoms with Crippen LogP contribution in [-0.4, -0.2) is 33.7 Å². The van der Waals surface area contributed by atoms with E-state index in [1.54, 1.807) is 24.3 Å². The van der Waals surface area contributed by atoms with E-state index in [9.17, 15) is 22.0 Å². The Morgan fingerprint density at radius 3 is 2.42 bits per heavy atom. The SMILES string of the molecule is COc1cccc(NC(=O)[C@@H](C)N(c2ccc(F)c(F)c2)S(C)(=O)=O)c1. The molecule has 1 amide bonds. The first-order chi connectivity index (χ1) is 12.1. The third kappa shape index (κ3) is 4.48. The van der Waals surface area contributed by atoms with E-state index < -0.39 is 33.6 Å². The van der Waals surface area contributed by atoms with Gasteiger partial charge in [-0.2, -0.15) is 0 Å². The van der Waals surface area contributed by atoms with Crippen molar-refractivity contribution in [1.82, 2.24) is 0 Å². The normalized spacial score (nSPS) is 12.3. The molecule has 9 heteroatoms. The highest BCUT2D eigenvalue weighted by Gasteiger charge is 2.29. The van der Waals surface area contributed by atoms with E-state index in [0.29, 0.717) is 11.4 Å². The van der Waals surface area contributed by atoms with Crippen molar-refractivity contribution in [1.29, 1.82) is 0 Å². The summed E-state index contributed by atoms with van der Waals surface area (Å²) in [6.07, 6.45) is 0.879. The maximum Gasteiger partial charge on any atom is 0.247 e. The van der Waals surface area contributed by atoms with E-state index in [4.69, 9.17) is 4.74 Å². The average molecular weight is 384 g/mol. The molecule has 2 aromatic rings. The fraction of sp³-hybridized carbons (Fsp3) is 0.235. The zero-order chi connectivity index (χ0) is 19.5. The standard InChI is InChI=1S/C17H18F2N2O4S/c1-11(17(22)20-12-5-4-6-14(9-12)25-2)21(26(3,23)24)13-7-8-15(18)16(19)10-13/h4-11H,1-3H3,(H,20,22)/t11-/m1/s1. The van der Waals surface area contributed by atoms with Gasteiger partial charge in [-0.25, -0.2) is 17.2 Å². The first kappa shape index (κ1) is 19.6. The molecular weight excluding hydrogens is 366 g/mol. The van der Waals surface area contributed by atoms with Crippen molar-refractivity contribution < 1.29 is 26.7 Å². The Morgan fingerprint density at radius 2 is 1.85 bits per heavy atom. The Hall–Kier alpha value is -2.68. The molecule has 0 aliphatic carbocycles. The van der Waals surface area contributed by atoms with Crippen LogP contribution >= 0.6 is 0 Å². The maximum absolute atomic E-state index is 13.5. The molecule has 2 aromatic carbocycles. The Morgan fingerprint density at radius 1 is 1.15 bits per heavy atom. The summed E-state index contributed by atoms with van der Waals surface area (Å²) in [7, 11) is -2.47. The Labute approximate surface area is 150 Å². The van der Waals surface area contributed by atoms with Gasteiger partial charge in [0.25, 0.3) is 0 Å². The van der Waals surface area contributed by atoms with Crippen LogP contribution in [0.25, 0.3) is 0 Å². The predicted molar refractivity (Wildman–Crippen MR) is 94.8 cm³/mol. The summed E-state index contributed by atoms with van der Waals surface area (Å²) in [5.74, 6) is -2.46. The summed E-state index contributed by atoms with van der Waals surface area (Å²) in [6, 6.07) is 7.92. The summed E-state index contributed by atoms with van der Waals surface area (Å²) >= 11 is 0. The molecule has 2 rings (SSSR count). The van der Waals surface area contributed by atoms with Crippen molar-refractivity contribution in [3.63, 3.8) is 0 Å². The lowest BCUT2D eigenvalue weighted by atomic mass is 10.2. The quantitative estimate of drug-likeness (QED) is 0.831. The van der Waals surface area contributed by atoms with Crippen molar-refractivity contribution >= 4 is 27.3 Å².